The first-order valence-electron chi connectivity index (χ1n) is 6.45. The fourth-order valence-electron chi connectivity index (χ4n) is 1.69. The van der Waals surface area contributed by atoms with Gasteiger partial charge in [-0.3, -0.25) is 9.78 Å². The summed E-state index contributed by atoms with van der Waals surface area (Å²) < 4.78 is 4.88. The fraction of sp³-hybridized carbons (Fsp3) is 0.200. The van der Waals surface area contributed by atoms with Gasteiger partial charge in [-0.25, -0.2) is 0 Å². The van der Waals surface area contributed by atoms with Crippen molar-refractivity contribution in [3.8, 4) is 0 Å². The molecule has 21 heavy (non-hydrogen) atoms. The standard InChI is InChI=1S/C15H16ClN3O2/c1-21-9-8-18-15(20)14-10-13(6-7-17-14)19-12-4-2-11(16)3-5-12/h2-7,10H,8-9H2,1H3,(H,17,19)(H,18,20). The highest BCUT2D eigenvalue weighted by molar-refractivity contribution is 6.30. The van der Waals surface area contributed by atoms with Crippen LogP contribution in [0.3, 0.4) is 0 Å². The number of benzene rings is 1. The number of amides is 1. The molecule has 0 spiro atoms. The van der Waals surface area contributed by atoms with Crippen LogP contribution in [0, 0.1) is 0 Å². The second kappa shape index (κ2) is 7.61. The summed E-state index contributed by atoms with van der Waals surface area (Å²) in [6, 6.07) is 10.8. The van der Waals surface area contributed by atoms with E-state index >= 15 is 0 Å². The molecule has 2 N–H and O–H groups in total. The first kappa shape index (κ1) is 15.3. The third kappa shape index (κ3) is 4.73. The Labute approximate surface area is 128 Å². The number of pyridine rings is 1. The molecule has 0 bridgehead atoms. The Morgan fingerprint density at radius 2 is 2.00 bits per heavy atom. The number of hydrogen-bond acceptors (Lipinski definition) is 4. The maximum Gasteiger partial charge on any atom is 0.270 e. The van der Waals surface area contributed by atoms with Gasteiger partial charge in [0.25, 0.3) is 5.91 Å². The number of methoxy groups -OCH3 is 1. The van der Waals surface area contributed by atoms with Gasteiger partial charge in [-0.05, 0) is 36.4 Å². The molecule has 6 heteroatoms. The number of carbonyl (C=O) groups is 1. The van der Waals surface area contributed by atoms with Crippen molar-refractivity contribution in [3.05, 3.63) is 53.3 Å². The number of anilines is 2. The van der Waals surface area contributed by atoms with Crippen LogP contribution in [-0.4, -0.2) is 31.2 Å². The van der Waals surface area contributed by atoms with Crippen molar-refractivity contribution < 1.29 is 9.53 Å². The van der Waals surface area contributed by atoms with Gasteiger partial charge in [-0.2, -0.15) is 0 Å². The van der Waals surface area contributed by atoms with E-state index in [9.17, 15) is 4.79 Å². The molecule has 0 saturated heterocycles. The molecular formula is C15H16ClN3O2. The van der Waals surface area contributed by atoms with Gasteiger partial charge in [-0.15, -0.1) is 0 Å². The second-order valence-corrected chi connectivity index (χ2v) is 4.75. The molecule has 110 valence electrons. The smallest absolute Gasteiger partial charge is 0.270 e. The predicted molar refractivity (Wildman–Crippen MR) is 83.2 cm³/mol. The molecule has 0 unspecified atom stereocenters. The van der Waals surface area contributed by atoms with Crippen LogP contribution in [0.4, 0.5) is 11.4 Å². The van der Waals surface area contributed by atoms with E-state index in [1.165, 1.54) is 0 Å². The molecule has 1 aromatic heterocycles. The van der Waals surface area contributed by atoms with Gasteiger partial charge < -0.3 is 15.4 Å². The van der Waals surface area contributed by atoms with Crippen LogP contribution in [-0.2, 0) is 4.74 Å². The van der Waals surface area contributed by atoms with Gasteiger partial charge in [-0.1, -0.05) is 11.6 Å². The Hall–Kier alpha value is -2.11. The Kier molecular flexibility index (Phi) is 5.54. The summed E-state index contributed by atoms with van der Waals surface area (Å²) >= 11 is 5.84. The lowest BCUT2D eigenvalue weighted by atomic mass is 10.2. The van der Waals surface area contributed by atoms with E-state index in [-0.39, 0.29) is 5.91 Å². The number of nitrogens with zero attached hydrogens (tertiary/aromatic N) is 1. The number of halogens is 1. The highest BCUT2D eigenvalue weighted by atomic mass is 35.5. The van der Waals surface area contributed by atoms with Crippen LogP contribution in [0.25, 0.3) is 0 Å². The molecule has 1 aromatic carbocycles. The molecule has 2 rings (SSSR count). The highest BCUT2D eigenvalue weighted by Crippen LogP contribution is 2.19. The summed E-state index contributed by atoms with van der Waals surface area (Å²) in [5.74, 6) is -0.230. The molecule has 0 saturated carbocycles. The second-order valence-electron chi connectivity index (χ2n) is 4.31. The number of carbonyl (C=O) groups excluding carboxylic acids is 1. The van der Waals surface area contributed by atoms with E-state index in [0.29, 0.717) is 23.9 Å². The lowest BCUT2D eigenvalue weighted by molar-refractivity contribution is 0.0932. The van der Waals surface area contributed by atoms with Crippen molar-refractivity contribution in [2.75, 3.05) is 25.6 Å². The van der Waals surface area contributed by atoms with Gasteiger partial charge >= 0.3 is 0 Å². The van der Waals surface area contributed by atoms with Crippen molar-refractivity contribution in [1.29, 1.82) is 0 Å². The summed E-state index contributed by atoms with van der Waals surface area (Å²) in [6.07, 6.45) is 1.59. The quantitative estimate of drug-likeness (QED) is 0.806. The Balaban J connectivity index is 2.03. The number of nitrogens with one attached hydrogen (secondary N) is 2. The molecule has 0 aliphatic heterocycles. The molecule has 2 aromatic rings. The van der Waals surface area contributed by atoms with Gasteiger partial charge in [0.1, 0.15) is 5.69 Å². The zero-order chi connectivity index (χ0) is 15.1. The van der Waals surface area contributed by atoms with E-state index in [0.717, 1.165) is 11.4 Å². The molecule has 0 aliphatic carbocycles. The van der Waals surface area contributed by atoms with Crippen LogP contribution < -0.4 is 10.6 Å². The summed E-state index contributed by atoms with van der Waals surface area (Å²) in [4.78, 5) is 16.0. The number of rotatable bonds is 6. The first-order valence-corrected chi connectivity index (χ1v) is 6.82. The summed E-state index contributed by atoms with van der Waals surface area (Å²) in [7, 11) is 1.58. The van der Waals surface area contributed by atoms with Gasteiger partial charge in [0.05, 0.1) is 6.61 Å². The minimum absolute atomic E-state index is 0.230. The third-order valence-corrected chi connectivity index (χ3v) is 2.97. The summed E-state index contributed by atoms with van der Waals surface area (Å²) in [6.45, 7) is 0.917. The average molecular weight is 306 g/mol. The fourth-order valence-corrected chi connectivity index (χ4v) is 1.82. The summed E-state index contributed by atoms with van der Waals surface area (Å²) in [5.41, 5.74) is 2.02. The molecule has 0 radical (unpaired) electrons. The van der Waals surface area contributed by atoms with Crippen LogP contribution in [0.15, 0.2) is 42.6 Å². The van der Waals surface area contributed by atoms with E-state index in [1.807, 2.05) is 12.1 Å². The molecular weight excluding hydrogens is 290 g/mol. The van der Waals surface area contributed by atoms with Crippen molar-refractivity contribution in [2.45, 2.75) is 0 Å². The van der Waals surface area contributed by atoms with Crippen molar-refractivity contribution in [2.24, 2.45) is 0 Å². The third-order valence-electron chi connectivity index (χ3n) is 2.72. The van der Waals surface area contributed by atoms with Crippen molar-refractivity contribution in [3.63, 3.8) is 0 Å². The minimum Gasteiger partial charge on any atom is -0.383 e. The Morgan fingerprint density at radius 3 is 2.71 bits per heavy atom. The van der Waals surface area contributed by atoms with Crippen molar-refractivity contribution >= 4 is 28.9 Å². The largest absolute Gasteiger partial charge is 0.383 e. The number of ether oxygens (including phenoxy) is 1. The monoisotopic (exact) mass is 305 g/mol. The molecule has 0 aliphatic rings. The number of hydrogen-bond donors (Lipinski definition) is 2. The Morgan fingerprint density at radius 1 is 1.24 bits per heavy atom. The zero-order valence-corrected chi connectivity index (χ0v) is 12.4. The molecule has 0 atom stereocenters. The van der Waals surface area contributed by atoms with E-state index in [1.54, 1.807) is 37.6 Å². The highest BCUT2D eigenvalue weighted by Gasteiger charge is 2.07. The SMILES string of the molecule is COCCNC(=O)c1cc(Nc2ccc(Cl)cc2)ccn1. The van der Waals surface area contributed by atoms with E-state index < -0.39 is 0 Å². The molecule has 0 fully saturated rings. The summed E-state index contributed by atoms with van der Waals surface area (Å²) in [5, 5.41) is 6.59. The van der Waals surface area contributed by atoms with Gasteiger partial charge in [0, 0.05) is 36.2 Å². The van der Waals surface area contributed by atoms with Crippen molar-refractivity contribution in [1.82, 2.24) is 10.3 Å². The van der Waals surface area contributed by atoms with Crippen LogP contribution in [0.5, 0.6) is 0 Å². The van der Waals surface area contributed by atoms with Gasteiger partial charge in [0.2, 0.25) is 0 Å². The zero-order valence-electron chi connectivity index (χ0n) is 11.6. The van der Waals surface area contributed by atoms with Crippen LogP contribution in [0.2, 0.25) is 5.02 Å². The lowest BCUT2D eigenvalue weighted by Crippen LogP contribution is -2.27. The maximum absolute atomic E-state index is 11.9. The molecule has 1 heterocycles. The molecule has 5 nitrogen and oxygen atoms in total. The van der Waals surface area contributed by atoms with Crippen LogP contribution >= 0.6 is 11.6 Å². The van der Waals surface area contributed by atoms with E-state index in [2.05, 4.69) is 15.6 Å². The predicted octanol–water partition coefficient (Wildman–Crippen LogP) is 2.85. The first-order chi connectivity index (χ1) is 10.2. The lowest BCUT2D eigenvalue weighted by Gasteiger charge is -2.08. The maximum atomic E-state index is 11.9. The van der Waals surface area contributed by atoms with Gasteiger partial charge in [0.15, 0.2) is 0 Å². The minimum atomic E-state index is -0.230. The topological polar surface area (TPSA) is 63.2 Å². The van der Waals surface area contributed by atoms with E-state index in [4.69, 9.17) is 16.3 Å². The van der Waals surface area contributed by atoms with Crippen LogP contribution in [0.1, 0.15) is 10.5 Å². The average Bonchev–Trinajstić information content (AvgIpc) is 2.50. The normalized spacial score (nSPS) is 10.2. The Bertz CT molecular complexity index is 602. The molecule has 1 amide bonds. The number of aromatic nitrogens is 1.